The van der Waals surface area contributed by atoms with E-state index in [1.807, 2.05) is 0 Å². The molecule has 106 valence electrons. The van der Waals surface area contributed by atoms with E-state index in [9.17, 15) is 5.11 Å². The van der Waals surface area contributed by atoms with Crippen molar-refractivity contribution in [3.8, 4) is 11.5 Å². The smallest absolute Gasteiger partial charge is 0.177 e. The summed E-state index contributed by atoms with van der Waals surface area (Å²) in [6.45, 7) is 0. The molecule has 0 aliphatic carbocycles. The van der Waals surface area contributed by atoms with Crippen molar-refractivity contribution in [1.29, 1.82) is 0 Å². The number of phenols is 1. The fourth-order valence-electron chi connectivity index (χ4n) is 1.74. The van der Waals surface area contributed by atoms with Gasteiger partial charge in [0.2, 0.25) is 0 Å². The van der Waals surface area contributed by atoms with Gasteiger partial charge in [0, 0.05) is 0 Å². The van der Waals surface area contributed by atoms with Gasteiger partial charge >= 0.3 is 0 Å². The summed E-state index contributed by atoms with van der Waals surface area (Å²) in [5.74, 6) is 1.04. The summed E-state index contributed by atoms with van der Waals surface area (Å²) in [6.07, 6.45) is 3.11. The molecule has 2 aromatic heterocycles. The average Bonchev–Trinajstić information content (AvgIpc) is 2.96. The standard InChI is InChI=1S/C13H12N6O2/c1-21-11-6-9(2-3-10(11)20)7-14-16-12-4-5-13-17-15-8-19(13)18-12/h2-8,20H,1H3,(H,16,18)/b14-7+. The minimum absolute atomic E-state index is 0.0855. The number of anilines is 1. The zero-order chi connectivity index (χ0) is 14.7. The largest absolute Gasteiger partial charge is 0.504 e. The van der Waals surface area contributed by atoms with E-state index in [4.69, 9.17) is 4.74 Å². The number of hydrogen-bond donors (Lipinski definition) is 2. The highest BCUT2D eigenvalue weighted by Crippen LogP contribution is 2.25. The van der Waals surface area contributed by atoms with Crippen molar-refractivity contribution < 1.29 is 9.84 Å². The number of methoxy groups -OCH3 is 1. The minimum Gasteiger partial charge on any atom is -0.504 e. The van der Waals surface area contributed by atoms with Gasteiger partial charge in [0.1, 0.15) is 6.33 Å². The average molecular weight is 284 g/mol. The molecule has 2 heterocycles. The quantitative estimate of drug-likeness (QED) is 0.553. The van der Waals surface area contributed by atoms with Crippen molar-refractivity contribution in [2.45, 2.75) is 0 Å². The van der Waals surface area contributed by atoms with Gasteiger partial charge in [-0.05, 0) is 35.9 Å². The third-order valence-electron chi connectivity index (χ3n) is 2.76. The summed E-state index contributed by atoms with van der Waals surface area (Å²) in [5, 5.41) is 25.4. The first-order valence-corrected chi connectivity index (χ1v) is 6.09. The molecule has 0 atom stereocenters. The lowest BCUT2D eigenvalue weighted by atomic mass is 10.2. The van der Waals surface area contributed by atoms with Gasteiger partial charge in [-0.25, -0.2) is 0 Å². The van der Waals surface area contributed by atoms with Crippen LogP contribution in [-0.2, 0) is 0 Å². The maximum Gasteiger partial charge on any atom is 0.177 e. The number of rotatable bonds is 4. The fraction of sp³-hybridized carbons (Fsp3) is 0.0769. The number of fused-ring (bicyclic) bond motifs is 1. The molecule has 0 spiro atoms. The Hall–Kier alpha value is -3.16. The molecule has 3 aromatic rings. The van der Waals surface area contributed by atoms with E-state index in [0.717, 1.165) is 5.56 Å². The Morgan fingerprint density at radius 1 is 1.33 bits per heavy atom. The first kappa shape index (κ1) is 12.9. The molecule has 1 aromatic carbocycles. The normalized spacial score (nSPS) is 11.1. The number of benzene rings is 1. The zero-order valence-electron chi connectivity index (χ0n) is 11.1. The van der Waals surface area contributed by atoms with Crippen LogP contribution in [0.3, 0.4) is 0 Å². The maximum absolute atomic E-state index is 9.51. The molecular weight excluding hydrogens is 272 g/mol. The molecule has 0 aliphatic rings. The lowest BCUT2D eigenvalue weighted by Gasteiger charge is -2.03. The Kier molecular flexibility index (Phi) is 3.34. The monoisotopic (exact) mass is 284 g/mol. The van der Waals surface area contributed by atoms with Crippen LogP contribution < -0.4 is 10.2 Å². The molecule has 0 aliphatic heterocycles. The topological polar surface area (TPSA) is 96.9 Å². The highest BCUT2D eigenvalue weighted by Gasteiger charge is 2.01. The van der Waals surface area contributed by atoms with Crippen molar-refractivity contribution in [2.75, 3.05) is 12.5 Å². The van der Waals surface area contributed by atoms with Crippen LogP contribution in [0.4, 0.5) is 5.82 Å². The van der Waals surface area contributed by atoms with E-state index in [0.29, 0.717) is 17.2 Å². The van der Waals surface area contributed by atoms with Crippen molar-refractivity contribution in [1.82, 2.24) is 19.8 Å². The second-order valence-corrected chi connectivity index (χ2v) is 4.15. The van der Waals surface area contributed by atoms with Crippen molar-refractivity contribution in [3.05, 3.63) is 42.2 Å². The summed E-state index contributed by atoms with van der Waals surface area (Å²) < 4.78 is 6.57. The number of nitrogens with zero attached hydrogens (tertiary/aromatic N) is 5. The molecular formula is C13H12N6O2. The number of hydrogen-bond acceptors (Lipinski definition) is 7. The molecule has 2 N–H and O–H groups in total. The Balaban J connectivity index is 1.74. The van der Waals surface area contributed by atoms with Gasteiger partial charge in [0.05, 0.1) is 13.3 Å². The summed E-state index contributed by atoms with van der Waals surface area (Å²) in [6, 6.07) is 8.47. The second kappa shape index (κ2) is 5.45. The zero-order valence-corrected chi connectivity index (χ0v) is 11.1. The lowest BCUT2D eigenvalue weighted by molar-refractivity contribution is 0.373. The first-order valence-electron chi connectivity index (χ1n) is 6.09. The molecule has 0 amide bonds. The minimum atomic E-state index is 0.0855. The molecule has 0 bridgehead atoms. The van der Waals surface area contributed by atoms with Gasteiger partial charge in [-0.3, -0.25) is 5.43 Å². The summed E-state index contributed by atoms with van der Waals surface area (Å²) in [4.78, 5) is 0. The van der Waals surface area contributed by atoms with Gasteiger partial charge in [0.15, 0.2) is 23.0 Å². The number of hydrazone groups is 1. The predicted octanol–water partition coefficient (Wildman–Crippen LogP) is 1.28. The Morgan fingerprint density at radius 3 is 3.10 bits per heavy atom. The van der Waals surface area contributed by atoms with Crippen LogP contribution in [-0.4, -0.2) is 38.2 Å². The van der Waals surface area contributed by atoms with Crippen LogP contribution in [0.15, 0.2) is 41.8 Å². The summed E-state index contributed by atoms with van der Waals surface area (Å²) in [5.41, 5.74) is 4.25. The molecule has 0 saturated heterocycles. The van der Waals surface area contributed by atoms with E-state index in [1.54, 1.807) is 41.1 Å². The molecule has 0 radical (unpaired) electrons. The molecule has 3 rings (SSSR count). The number of nitrogens with one attached hydrogen (secondary N) is 1. The van der Waals surface area contributed by atoms with Crippen molar-refractivity contribution in [2.24, 2.45) is 5.10 Å². The highest BCUT2D eigenvalue weighted by molar-refractivity contribution is 5.81. The first-order chi connectivity index (χ1) is 10.3. The molecule has 0 saturated carbocycles. The molecule has 21 heavy (non-hydrogen) atoms. The highest BCUT2D eigenvalue weighted by atomic mass is 16.5. The van der Waals surface area contributed by atoms with Gasteiger partial charge in [0.25, 0.3) is 0 Å². The van der Waals surface area contributed by atoms with Gasteiger partial charge in [-0.1, -0.05) is 0 Å². The lowest BCUT2D eigenvalue weighted by Crippen LogP contribution is -1.98. The van der Waals surface area contributed by atoms with E-state index < -0.39 is 0 Å². The Morgan fingerprint density at radius 2 is 2.24 bits per heavy atom. The third-order valence-corrected chi connectivity index (χ3v) is 2.76. The third kappa shape index (κ3) is 2.73. The Bertz CT molecular complexity index is 798. The van der Waals surface area contributed by atoms with Gasteiger partial charge in [-0.2, -0.15) is 9.62 Å². The van der Waals surface area contributed by atoms with Crippen LogP contribution in [0.1, 0.15) is 5.56 Å². The van der Waals surface area contributed by atoms with Crippen LogP contribution in [0, 0.1) is 0 Å². The predicted molar refractivity (Wildman–Crippen MR) is 76.7 cm³/mol. The number of aromatic hydroxyl groups is 1. The van der Waals surface area contributed by atoms with Crippen LogP contribution >= 0.6 is 0 Å². The molecule has 0 fully saturated rings. The van der Waals surface area contributed by atoms with E-state index in [-0.39, 0.29) is 5.75 Å². The van der Waals surface area contributed by atoms with Crippen molar-refractivity contribution >= 4 is 17.7 Å². The van der Waals surface area contributed by atoms with Crippen LogP contribution in [0.5, 0.6) is 11.5 Å². The van der Waals surface area contributed by atoms with Gasteiger partial charge < -0.3 is 9.84 Å². The number of aromatic nitrogens is 4. The SMILES string of the molecule is COc1cc(/C=N/Nc2ccc3nncn3n2)ccc1O. The molecule has 8 heteroatoms. The molecule has 0 unspecified atom stereocenters. The van der Waals surface area contributed by atoms with Crippen molar-refractivity contribution in [3.63, 3.8) is 0 Å². The Labute approximate surface area is 119 Å². The summed E-state index contributed by atoms with van der Waals surface area (Å²) in [7, 11) is 1.49. The van der Waals surface area contributed by atoms with Crippen LogP contribution in [0.25, 0.3) is 5.65 Å². The maximum atomic E-state index is 9.51. The fourth-order valence-corrected chi connectivity index (χ4v) is 1.74. The number of ether oxygens (including phenoxy) is 1. The van der Waals surface area contributed by atoms with E-state index in [1.165, 1.54) is 13.4 Å². The summed E-state index contributed by atoms with van der Waals surface area (Å²) >= 11 is 0. The van der Waals surface area contributed by atoms with E-state index >= 15 is 0 Å². The second-order valence-electron chi connectivity index (χ2n) is 4.15. The van der Waals surface area contributed by atoms with E-state index in [2.05, 4.69) is 25.8 Å². The van der Waals surface area contributed by atoms with Crippen LogP contribution in [0.2, 0.25) is 0 Å². The number of phenolic OH excluding ortho intramolecular Hbond substituents is 1. The molecule has 8 nitrogen and oxygen atoms in total. The van der Waals surface area contributed by atoms with Gasteiger partial charge in [-0.15, -0.1) is 15.3 Å².